The van der Waals surface area contributed by atoms with Gasteiger partial charge in [0.2, 0.25) is 5.91 Å². The van der Waals surface area contributed by atoms with Crippen LogP contribution in [-0.2, 0) is 17.9 Å². The van der Waals surface area contributed by atoms with Crippen LogP contribution in [0.1, 0.15) is 30.9 Å². The summed E-state index contributed by atoms with van der Waals surface area (Å²) in [7, 11) is 0. The number of amides is 1. The molecule has 31 heavy (non-hydrogen) atoms. The minimum absolute atomic E-state index is 0.180. The average molecular weight is 422 g/mol. The third-order valence-electron chi connectivity index (χ3n) is 6.54. The lowest BCUT2D eigenvalue weighted by Gasteiger charge is -2.38. The Kier molecular flexibility index (Phi) is 7.60. The van der Waals surface area contributed by atoms with Crippen molar-refractivity contribution in [3.63, 3.8) is 0 Å². The SMILES string of the molecule is CCOc1ccccc1CN1CCC(C(=O)N2CCN(Cc3ccccc3)CC2)CC1. The number of piperidine rings is 1. The van der Waals surface area contributed by atoms with E-state index in [1.165, 1.54) is 11.1 Å². The Morgan fingerprint density at radius 2 is 1.48 bits per heavy atom. The monoisotopic (exact) mass is 421 g/mol. The zero-order valence-electron chi connectivity index (χ0n) is 18.7. The fourth-order valence-corrected chi connectivity index (χ4v) is 4.74. The van der Waals surface area contributed by atoms with Crippen LogP contribution in [0.5, 0.6) is 5.75 Å². The van der Waals surface area contributed by atoms with Crippen molar-refractivity contribution in [1.82, 2.24) is 14.7 Å². The molecule has 0 N–H and O–H groups in total. The number of benzene rings is 2. The van der Waals surface area contributed by atoms with Crippen LogP contribution in [0.4, 0.5) is 0 Å². The highest BCUT2D eigenvalue weighted by Crippen LogP contribution is 2.25. The summed E-state index contributed by atoms with van der Waals surface area (Å²) in [4.78, 5) is 20.1. The number of carbonyl (C=O) groups is 1. The maximum atomic E-state index is 13.1. The molecule has 2 saturated heterocycles. The van der Waals surface area contributed by atoms with Crippen LogP contribution in [0.25, 0.3) is 0 Å². The highest BCUT2D eigenvalue weighted by atomic mass is 16.5. The Labute approximate surface area is 186 Å². The number of rotatable bonds is 7. The lowest BCUT2D eigenvalue weighted by atomic mass is 9.94. The van der Waals surface area contributed by atoms with Gasteiger partial charge in [-0.15, -0.1) is 0 Å². The van der Waals surface area contributed by atoms with Gasteiger partial charge in [-0.1, -0.05) is 48.5 Å². The molecular weight excluding hydrogens is 386 g/mol. The predicted octanol–water partition coefficient (Wildman–Crippen LogP) is 3.64. The van der Waals surface area contributed by atoms with Crippen molar-refractivity contribution in [3.8, 4) is 5.75 Å². The van der Waals surface area contributed by atoms with Gasteiger partial charge in [0.25, 0.3) is 0 Å². The van der Waals surface area contributed by atoms with Crippen LogP contribution in [0.2, 0.25) is 0 Å². The zero-order chi connectivity index (χ0) is 21.5. The topological polar surface area (TPSA) is 36.0 Å². The van der Waals surface area contributed by atoms with Gasteiger partial charge in [-0.3, -0.25) is 14.6 Å². The van der Waals surface area contributed by atoms with Crippen LogP contribution >= 0.6 is 0 Å². The van der Waals surface area contributed by atoms with Gasteiger partial charge in [-0.05, 0) is 44.5 Å². The number of para-hydroxylation sites is 1. The second-order valence-electron chi connectivity index (χ2n) is 8.68. The van der Waals surface area contributed by atoms with E-state index in [4.69, 9.17) is 4.74 Å². The van der Waals surface area contributed by atoms with E-state index >= 15 is 0 Å². The average Bonchev–Trinajstić information content (AvgIpc) is 2.82. The molecule has 2 aromatic rings. The first kappa shape index (κ1) is 21.8. The Morgan fingerprint density at radius 1 is 0.839 bits per heavy atom. The highest BCUT2D eigenvalue weighted by Gasteiger charge is 2.30. The molecular formula is C26H35N3O2. The number of likely N-dealkylation sites (tertiary alicyclic amines) is 1. The summed E-state index contributed by atoms with van der Waals surface area (Å²) in [6.07, 6.45) is 1.92. The van der Waals surface area contributed by atoms with Gasteiger partial charge in [-0.2, -0.15) is 0 Å². The molecule has 0 unspecified atom stereocenters. The molecule has 0 radical (unpaired) electrons. The van der Waals surface area contributed by atoms with Gasteiger partial charge in [0.05, 0.1) is 6.61 Å². The second kappa shape index (κ2) is 10.8. The van der Waals surface area contributed by atoms with Crippen LogP contribution in [0.3, 0.4) is 0 Å². The minimum Gasteiger partial charge on any atom is -0.494 e. The first-order valence-electron chi connectivity index (χ1n) is 11.7. The summed E-state index contributed by atoms with van der Waals surface area (Å²) in [5, 5.41) is 0. The fourth-order valence-electron chi connectivity index (χ4n) is 4.74. The lowest BCUT2D eigenvalue weighted by molar-refractivity contribution is -0.139. The maximum Gasteiger partial charge on any atom is 0.225 e. The summed E-state index contributed by atoms with van der Waals surface area (Å²) in [6.45, 7) is 10.2. The molecule has 2 aliphatic rings. The Bertz CT molecular complexity index is 826. The van der Waals surface area contributed by atoms with Gasteiger partial charge in [0.15, 0.2) is 0 Å². The van der Waals surface area contributed by atoms with Gasteiger partial charge in [0, 0.05) is 50.7 Å². The Morgan fingerprint density at radius 3 is 2.19 bits per heavy atom. The normalized spacial score (nSPS) is 18.8. The molecule has 4 rings (SSSR count). The molecule has 2 heterocycles. The molecule has 5 nitrogen and oxygen atoms in total. The van der Waals surface area contributed by atoms with Crippen LogP contribution < -0.4 is 4.74 Å². The molecule has 0 aliphatic carbocycles. The maximum absolute atomic E-state index is 13.1. The van der Waals surface area contributed by atoms with Crippen LogP contribution in [0, 0.1) is 5.92 Å². The Hall–Kier alpha value is -2.37. The van der Waals surface area contributed by atoms with Crippen molar-refractivity contribution in [2.45, 2.75) is 32.9 Å². The van der Waals surface area contributed by atoms with E-state index in [0.717, 1.165) is 70.9 Å². The van der Waals surface area contributed by atoms with Crippen LogP contribution in [-0.4, -0.2) is 66.5 Å². The minimum atomic E-state index is 0.180. The van der Waals surface area contributed by atoms with Crippen LogP contribution in [0.15, 0.2) is 54.6 Å². The number of carbonyl (C=O) groups excluding carboxylic acids is 1. The molecule has 0 aromatic heterocycles. The standard InChI is InChI=1S/C26H35N3O2/c1-2-31-25-11-7-6-10-24(25)21-27-14-12-23(13-15-27)26(30)29-18-16-28(17-19-29)20-22-8-4-3-5-9-22/h3-11,23H,2,12-21H2,1H3. The molecule has 2 fully saturated rings. The van der Waals surface area contributed by atoms with Gasteiger partial charge < -0.3 is 9.64 Å². The molecule has 0 bridgehead atoms. The first-order valence-corrected chi connectivity index (χ1v) is 11.7. The molecule has 166 valence electrons. The number of hydrogen-bond donors (Lipinski definition) is 0. The van der Waals surface area contributed by atoms with Crippen molar-refractivity contribution in [1.29, 1.82) is 0 Å². The molecule has 1 amide bonds. The third-order valence-corrected chi connectivity index (χ3v) is 6.54. The summed E-state index contributed by atoms with van der Waals surface area (Å²) in [5.41, 5.74) is 2.59. The van der Waals surface area contributed by atoms with E-state index in [9.17, 15) is 4.79 Å². The van der Waals surface area contributed by atoms with E-state index in [0.29, 0.717) is 12.5 Å². The highest BCUT2D eigenvalue weighted by molar-refractivity contribution is 5.79. The van der Waals surface area contributed by atoms with E-state index in [1.54, 1.807) is 0 Å². The van der Waals surface area contributed by atoms with Crippen molar-refractivity contribution in [2.75, 3.05) is 45.9 Å². The van der Waals surface area contributed by atoms with E-state index < -0.39 is 0 Å². The van der Waals surface area contributed by atoms with Crippen molar-refractivity contribution >= 4 is 5.91 Å². The van der Waals surface area contributed by atoms with Gasteiger partial charge in [0.1, 0.15) is 5.75 Å². The Balaban J connectivity index is 1.22. The molecule has 5 heteroatoms. The molecule has 0 saturated carbocycles. The van der Waals surface area contributed by atoms with Gasteiger partial charge in [-0.25, -0.2) is 0 Å². The fraction of sp³-hybridized carbons (Fsp3) is 0.500. The van der Waals surface area contributed by atoms with E-state index in [2.05, 4.69) is 57.2 Å². The summed E-state index contributed by atoms with van der Waals surface area (Å²) >= 11 is 0. The quantitative estimate of drug-likeness (QED) is 0.684. The first-order chi connectivity index (χ1) is 15.2. The number of nitrogens with zero attached hydrogens (tertiary/aromatic N) is 3. The molecule has 2 aliphatic heterocycles. The zero-order valence-corrected chi connectivity index (χ0v) is 18.7. The summed E-state index contributed by atoms with van der Waals surface area (Å²) in [5.74, 6) is 1.53. The largest absolute Gasteiger partial charge is 0.494 e. The van der Waals surface area contributed by atoms with Gasteiger partial charge >= 0.3 is 0 Å². The number of piperazine rings is 1. The molecule has 2 aromatic carbocycles. The third kappa shape index (κ3) is 5.86. The lowest BCUT2D eigenvalue weighted by Crippen LogP contribution is -2.51. The number of hydrogen-bond acceptors (Lipinski definition) is 4. The molecule has 0 atom stereocenters. The van der Waals surface area contributed by atoms with Crippen molar-refractivity contribution in [3.05, 3.63) is 65.7 Å². The van der Waals surface area contributed by atoms with E-state index in [-0.39, 0.29) is 5.92 Å². The second-order valence-corrected chi connectivity index (χ2v) is 8.68. The summed E-state index contributed by atoms with van der Waals surface area (Å²) < 4.78 is 5.77. The van der Waals surface area contributed by atoms with Crippen molar-refractivity contribution < 1.29 is 9.53 Å². The smallest absolute Gasteiger partial charge is 0.225 e. The summed E-state index contributed by atoms with van der Waals surface area (Å²) in [6, 6.07) is 18.9. The number of ether oxygens (including phenoxy) is 1. The predicted molar refractivity (Wildman–Crippen MR) is 124 cm³/mol. The van der Waals surface area contributed by atoms with Crippen molar-refractivity contribution in [2.24, 2.45) is 5.92 Å². The van der Waals surface area contributed by atoms with E-state index in [1.807, 2.05) is 19.1 Å². The molecule has 0 spiro atoms.